The highest BCUT2D eigenvalue weighted by atomic mass is 35.5. The van der Waals surface area contributed by atoms with Crippen molar-refractivity contribution in [1.29, 1.82) is 0 Å². The van der Waals surface area contributed by atoms with E-state index in [-0.39, 0.29) is 11.1 Å². The van der Waals surface area contributed by atoms with E-state index in [1.54, 1.807) is 26.2 Å². The van der Waals surface area contributed by atoms with E-state index in [1.165, 1.54) is 12.0 Å². The standard InChI is InChI=1S/C9H11ClN2O2/c1-12(2)9(13)6-4-5-7(14-3)11-8(6)10/h4-5H,1-3H3. The van der Waals surface area contributed by atoms with Gasteiger partial charge >= 0.3 is 0 Å². The molecule has 0 spiro atoms. The van der Waals surface area contributed by atoms with Crippen LogP contribution >= 0.6 is 11.6 Å². The quantitative estimate of drug-likeness (QED) is 0.700. The summed E-state index contributed by atoms with van der Waals surface area (Å²) >= 11 is 5.81. The number of carbonyl (C=O) groups excluding carboxylic acids is 1. The van der Waals surface area contributed by atoms with Crippen LogP contribution in [0.1, 0.15) is 10.4 Å². The van der Waals surface area contributed by atoms with Gasteiger partial charge in [-0.05, 0) is 6.07 Å². The molecule has 0 bridgehead atoms. The van der Waals surface area contributed by atoms with E-state index in [0.717, 1.165) is 0 Å². The zero-order valence-corrected chi connectivity index (χ0v) is 9.00. The third kappa shape index (κ3) is 2.14. The van der Waals surface area contributed by atoms with Gasteiger partial charge in [0.05, 0.1) is 12.7 Å². The van der Waals surface area contributed by atoms with Crippen molar-refractivity contribution in [1.82, 2.24) is 9.88 Å². The molecule has 0 saturated heterocycles. The van der Waals surface area contributed by atoms with Crippen LogP contribution in [0.25, 0.3) is 0 Å². The van der Waals surface area contributed by atoms with E-state index >= 15 is 0 Å². The predicted molar refractivity (Wildman–Crippen MR) is 53.8 cm³/mol. The highest BCUT2D eigenvalue weighted by molar-refractivity contribution is 6.32. The number of ether oxygens (including phenoxy) is 1. The lowest BCUT2D eigenvalue weighted by molar-refractivity contribution is 0.0827. The smallest absolute Gasteiger partial charge is 0.256 e. The molecule has 0 unspecified atom stereocenters. The van der Waals surface area contributed by atoms with Gasteiger partial charge in [0.25, 0.3) is 5.91 Å². The van der Waals surface area contributed by atoms with Crippen LogP contribution in [0, 0.1) is 0 Å². The highest BCUT2D eigenvalue weighted by Gasteiger charge is 2.13. The maximum atomic E-state index is 11.5. The van der Waals surface area contributed by atoms with Gasteiger partial charge in [-0.15, -0.1) is 0 Å². The van der Waals surface area contributed by atoms with Crippen LogP contribution in [-0.2, 0) is 0 Å². The topological polar surface area (TPSA) is 42.4 Å². The van der Waals surface area contributed by atoms with Crippen molar-refractivity contribution in [3.63, 3.8) is 0 Å². The molecule has 0 atom stereocenters. The molecule has 5 heteroatoms. The van der Waals surface area contributed by atoms with Crippen molar-refractivity contribution in [3.05, 3.63) is 22.8 Å². The SMILES string of the molecule is COc1ccc(C(=O)N(C)C)c(Cl)n1. The van der Waals surface area contributed by atoms with Gasteiger partial charge in [-0.3, -0.25) is 4.79 Å². The fourth-order valence-electron chi connectivity index (χ4n) is 0.932. The Kier molecular flexibility index (Phi) is 3.30. The molecule has 0 N–H and O–H groups in total. The number of carbonyl (C=O) groups is 1. The fraction of sp³-hybridized carbons (Fsp3) is 0.333. The number of methoxy groups -OCH3 is 1. The number of hydrogen-bond acceptors (Lipinski definition) is 3. The van der Waals surface area contributed by atoms with E-state index in [1.807, 2.05) is 0 Å². The summed E-state index contributed by atoms with van der Waals surface area (Å²) in [6, 6.07) is 3.19. The van der Waals surface area contributed by atoms with Crippen LogP contribution in [0.4, 0.5) is 0 Å². The second-order valence-electron chi connectivity index (χ2n) is 2.89. The number of nitrogens with zero attached hydrogens (tertiary/aromatic N) is 2. The fourth-order valence-corrected chi connectivity index (χ4v) is 1.16. The van der Waals surface area contributed by atoms with E-state index in [0.29, 0.717) is 11.4 Å². The Hall–Kier alpha value is -1.29. The molecule has 0 saturated carbocycles. The second-order valence-corrected chi connectivity index (χ2v) is 3.25. The number of amides is 1. The minimum atomic E-state index is -0.176. The molecule has 0 aliphatic heterocycles. The van der Waals surface area contributed by atoms with Crippen molar-refractivity contribution in [2.75, 3.05) is 21.2 Å². The summed E-state index contributed by atoms with van der Waals surface area (Å²) in [7, 11) is 4.80. The van der Waals surface area contributed by atoms with Crippen molar-refractivity contribution in [2.24, 2.45) is 0 Å². The lowest BCUT2D eigenvalue weighted by Crippen LogP contribution is -2.22. The first kappa shape index (κ1) is 10.8. The normalized spacial score (nSPS) is 9.71. The molecule has 14 heavy (non-hydrogen) atoms. The molecular weight excluding hydrogens is 204 g/mol. The number of hydrogen-bond donors (Lipinski definition) is 0. The molecule has 1 rings (SSSR count). The summed E-state index contributed by atoms with van der Waals surface area (Å²) in [5.74, 6) is 0.218. The number of halogens is 1. The molecular formula is C9H11ClN2O2. The predicted octanol–water partition coefficient (Wildman–Crippen LogP) is 1.45. The van der Waals surface area contributed by atoms with Crippen LogP contribution < -0.4 is 4.74 Å². The van der Waals surface area contributed by atoms with Gasteiger partial charge in [0.2, 0.25) is 5.88 Å². The molecule has 1 aromatic rings. The first-order valence-electron chi connectivity index (χ1n) is 3.98. The van der Waals surface area contributed by atoms with E-state index in [4.69, 9.17) is 16.3 Å². The van der Waals surface area contributed by atoms with Crippen LogP contribution in [0.15, 0.2) is 12.1 Å². The summed E-state index contributed by atoms with van der Waals surface area (Å²) in [6.07, 6.45) is 0. The molecule has 0 aromatic carbocycles. The monoisotopic (exact) mass is 214 g/mol. The van der Waals surface area contributed by atoms with Crippen LogP contribution in [0.3, 0.4) is 0 Å². The van der Waals surface area contributed by atoms with Crippen LogP contribution in [-0.4, -0.2) is 37.0 Å². The summed E-state index contributed by atoms with van der Waals surface area (Å²) in [5, 5.41) is 0.156. The third-order valence-corrected chi connectivity index (χ3v) is 1.96. The number of aromatic nitrogens is 1. The van der Waals surface area contributed by atoms with Gasteiger partial charge in [-0.25, -0.2) is 4.98 Å². The number of rotatable bonds is 2. The highest BCUT2D eigenvalue weighted by Crippen LogP contribution is 2.18. The van der Waals surface area contributed by atoms with Gasteiger partial charge < -0.3 is 9.64 Å². The zero-order chi connectivity index (χ0) is 10.7. The lowest BCUT2D eigenvalue weighted by Gasteiger charge is -2.11. The van der Waals surface area contributed by atoms with Gasteiger partial charge in [-0.2, -0.15) is 0 Å². The summed E-state index contributed by atoms with van der Waals surface area (Å²) in [5.41, 5.74) is 0.373. The summed E-state index contributed by atoms with van der Waals surface area (Å²) in [6.45, 7) is 0. The van der Waals surface area contributed by atoms with Crippen LogP contribution in [0.5, 0.6) is 5.88 Å². The summed E-state index contributed by atoms with van der Waals surface area (Å²) < 4.78 is 4.87. The molecule has 4 nitrogen and oxygen atoms in total. The first-order valence-corrected chi connectivity index (χ1v) is 4.36. The molecule has 1 aromatic heterocycles. The minimum absolute atomic E-state index is 0.156. The zero-order valence-electron chi connectivity index (χ0n) is 8.24. The Morgan fingerprint density at radius 3 is 2.57 bits per heavy atom. The van der Waals surface area contributed by atoms with Crippen molar-refractivity contribution >= 4 is 17.5 Å². The molecule has 1 heterocycles. The Labute approximate surface area is 87.4 Å². The lowest BCUT2D eigenvalue weighted by atomic mass is 10.2. The van der Waals surface area contributed by atoms with Crippen molar-refractivity contribution < 1.29 is 9.53 Å². The van der Waals surface area contributed by atoms with Crippen molar-refractivity contribution in [2.45, 2.75) is 0 Å². The Morgan fingerprint density at radius 1 is 1.50 bits per heavy atom. The van der Waals surface area contributed by atoms with E-state index in [9.17, 15) is 4.79 Å². The van der Waals surface area contributed by atoms with E-state index in [2.05, 4.69) is 4.98 Å². The molecule has 0 fully saturated rings. The van der Waals surface area contributed by atoms with Gasteiger partial charge in [0.15, 0.2) is 0 Å². The van der Waals surface area contributed by atoms with E-state index < -0.39 is 0 Å². The van der Waals surface area contributed by atoms with Crippen LogP contribution in [0.2, 0.25) is 5.15 Å². The number of pyridine rings is 1. The first-order chi connectivity index (χ1) is 6.56. The Balaban J connectivity index is 3.06. The largest absolute Gasteiger partial charge is 0.481 e. The summed E-state index contributed by atoms with van der Waals surface area (Å²) in [4.78, 5) is 16.9. The Bertz CT molecular complexity index is 353. The van der Waals surface area contributed by atoms with Gasteiger partial charge in [0, 0.05) is 20.2 Å². The molecule has 76 valence electrons. The second kappa shape index (κ2) is 4.28. The third-order valence-electron chi connectivity index (χ3n) is 1.67. The minimum Gasteiger partial charge on any atom is -0.481 e. The molecule has 1 amide bonds. The maximum absolute atomic E-state index is 11.5. The average Bonchev–Trinajstić information content (AvgIpc) is 2.16. The molecule has 0 radical (unpaired) electrons. The van der Waals surface area contributed by atoms with Gasteiger partial charge in [0.1, 0.15) is 5.15 Å². The molecule has 0 aliphatic carbocycles. The Morgan fingerprint density at radius 2 is 2.14 bits per heavy atom. The van der Waals surface area contributed by atoms with Crippen molar-refractivity contribution in [3.8, 4) is 5.88 Å². The van der Waals surface area contributed by atoms with Gasteiger partial charge in [-0.1, -0.05) is 11.6 Å². The average molecular weight is 215 g/mol. The maximum Gasteiger partial charge on any atom is 0.256 e. The molecule has 0 aliphatic rings.